The molecule has 68 valence electrons. The van der Waals surface area contributed by atoms with Gasteiger partial charge in [-0.3, -0.25) is 0 Å². The Bertz CT molecular complexity index is 447. The van der Waals surface area contributed by atoms with Crippen molar-refractivity contribution in [3.63, 3.8) is 0 Å². The first-order valence-electron chi connectivity index (χ1n) is 4.10. The Morgan fingerprint density at radius 2 is 2.31 bits per heavy atom. The predicted molar refractivity (Wildman–Crippen MR) is 56.7 cm³/mol. The van der Waals surface area contributed by atoms with Gasteiger partial charge in [0.25, 0.3) is 0 Å². The number of benzene rings is 1. The Morgan fingerprint density at radius 1 is 1.54 bits per heavy atom. The lowest BCUT2D eigenvalue weighted by Crippen LogP contribution is -1.88. The number of aryl methyl sites for hydroxylation is 1. The Hall–Kier alpha value is -0.800. The van der Waals surface area contributed by atoms with Crippen molar-refractivity contribution in [2.24, 2.45) is 0 Å². The van der Waals surface area contributed by atoms with Crippen LogP contribution >= 0.6 is 15.9 Å². The molecule has 0 aliphatic rings. The number of aromatic amines is 1. The quantitative estimate of drug-likeness (QED) is 0.789. The maximum atomic E-state index is 9.18. The molecular weight excluding hydrogens is 230 g/mol. The third-order valence-corrected chi connectivity index (χ3v) is 2.96. The zero-order valence-electron chi connectivity index (χ0n) is 7.26. The van der Waals surface area contributed by atoms with Crippen LogP contribution in [0.15, 0.2) is 22.8 Å². The predicted octanol–water partition coefficient (Wildman–Crippen LogP) is 2.73. The van der Waals surface area contributed by atoms with Crippen molar-refractivity contribution < 1.29 is 5.11 Å². The molecule has 0 saturated heterocycles. The summed E-state index contributed by atoms with van der Waals surface area (Å²) in [5.74, 6) is 0. The number of rotatable bonds is 1. The molecule has 0 radical (unpaired) electrons. The first kappa shape index (κ1) is 8.78. The van der Waals surface area contributed by atoms with Gasteiger partial charge in [-0.05, 0) is 24.6 Å². The summed E-state index contributed by atoms with van der Waals surface area (Å²) in [4.78, 5) is 3.16. The molecule has 1 aromatic heterocycles. The Labute approximate surface area is 84.7 Å². The zero-order chi connectivity index (χ0) is 9.42. The van der Waals surface area contributed by atoms with Gasteiger partial charge in [0.05, 0.1) is 6.61 Å². The second-order valence-electron chi connectivity index (χ2n) is 3.08. The zero-order valence-corrected chi connectivity index (χ0v) is 8.85. The molecule has 0 fully saturated rings. The first-order valence-corrected chi connectivity index (χ1v) is 4.89. The summed E-state index contributed by atoms with van der Waals surface area (Å²) in [7, 11) is 0. The van der Waals surface area contributed by atoms with Crippen LogP contribution in [-0.2, 0) is 6.61 Å². The number of H-pyrrole nitrogens is 1. The third-order valence-electron chi connectivity index (χ3n) is 2.26. The normalized spacial score (nSPS) is 11.0. The van der Waals surface area contributed by atoms with Gasteiger partial charge >= 0.3 is 0 Å². The van der Waals surface area contributed by atoms with Crippen LogP contribution in [0.5, 0.6) is 0 Å². The largest absolute Gasteiger partial charge is 0.392 e. The van der Waals surface area contributed by atoms with E-state index in [1.54, 1.807) is 0 Å². The smallest absolute Gasteiger partial charge is 0.0699 e. The van der Waals surface area contributed by atoms with Gasteiger partial charge in [0.15, 0.2) is 0 Å². The van der Waals surface area contributed by atoms with Gasteiger partial charge in [0.1, 0.15) is 0 Å². The lowest BCUT2D eigenvalue weighted by atomic mass is 10.1. The molecule has 0 bridgehead atoms. The highest BCUT2D eigenvalue weighted by molar-refractivity contribution is 9.10. The topological polar surface area (TPSA) is 36.0 Å². The minimum absolute atomic E-state index is 0.0647. The summed E-state index contributed by atoms with van der Waals surface area (Å²) in [6.07, 6.45) is 1.89. The van der Waals surface area contributed by atoms with E-state index in [1.165, 1.54) is 5.56 Å². The van der Waals surface area contributed by atoms with Crippen LogP contribution in [0, 0.1) is 6.92 Å². The Kier molecular flexibility index (Phi) is 2.14. The van der Waals surface area contributed by atoms with Crippen molar-refractivity contribution in [2.45, 2.75) is 13.5 Å². The fraction of sp³-hybridized carbons (Fsp3) is 0.200. The summed E-state index contributed by atoms with van der Waals surface area (Å²) in [6, 6.07) is 4.00. The molecule has 1 heterocycles. The molecule has 2 rings (SSSR count). The van der Waals surface area contributed by atoms with Gasteiger partial charge in [0.2, 0.25) is 0 Å². The second-order valence-corrected chi connectivity index (χ2v) is 3.93. The van der Waals surface area contributed by atoms with E-state index in [-0.39, 0.29) is 6.61 Å². The van der Waals surface area contributed by atoms with E-state index in [4.69, 9.17) is 0 Å². The maximum Gasteiger partial charge on any atom is 0.0699 e. The molecular formula is C10H10BrNO. The van der Waals surface area contributed by atoms with E-state index in [9.17, 15) is 5.11 Å². The van der Waals surface area contributed by atoms with Crippen molar-refractivity contribution in [1.82, 2.24) is 4.98 Å². The number of halogens is 1. The fourth-order valence-corrected chi connectivity index (χ4v) is 2.27. The van der Waals surface area contributed by atoms with Crippen LogP contribution in [0.1, 0.15) is 11.1 Å². The summed E-state index contributed by atoms with van der Waals surface area (Å²) in [5.41, 5.74) is 3.23. The van der Waals surface area contributed by atoms with Gasteiger partial charge in [-0.2, -0.15) is 0 Å². The van der Waals surface area contributed by atoms with Crippen LogP contribution in [0.25, 0.3) is 10.9 Å². The number of aromatic nitrogens is 1. The van der Waals surface area contributed by atoms with Gasteiger partial charge in [-0.15, -0.1) is 0 Å². The highest BCUT2D eigenvalue weighted by atomic mass is 79.9. The molecule has 1 aromatic carbocycles. The highest BCUT2D eigenvalue weighted by Gasteiger charge is 2.07. The molecule has 13 heavy (non-hydrogen) atoms. The number of fused-ring (bicyclic) bond motifs is 1. The summed E-state index contributed by atoms with van der Waals surface area (Å²) in [6.45, 7) is 2.11. The molecule has 2 nitrogen and oxygen atoms in total. The van der Waals surface area contributed by atoms with Crippen molar-refractivity contribution in [1.29, 1.82) is 0 Å². The first-order chi connectivity index (χ1) is 6.24. The molecule has 0 aliphatic heterocycles. The monoisotopic (exact) mass is 239 g/mol. The SMILES string of the molecule is Cc1cc(Br)c(CO)c2cc[nH]c12. The van der Waals surface area contributed by atoms with Crippen LogP contribution in [0.4, 0.5) is 0 Å². The molecule has 0 spiro atoms. The van der Waals surface area contributed by atoms with Crippen molar-refractivity contribution in [3.8, 4) is 0 Å². The minimum Gasteiger partial charge on any atom is -0.392 e. The van der Waals surface area contributed by atoms with E-state index in [1.807, 2.05) is 25.3 Å². The van der Waals surface area contributed by atoms with E-state index in [2.05, 4.69) is 20.9 Å². The fourth-order valence-electron chi connectivity index (χ4n) is 1.59. The van der Waals surface area contributed by atoms with Gasteiger partial charge in [-0.25, -0.2) is 0 Å². The average molecular weight is 240 g/mol. The average Bonchev–Trinajstić information content (AvgIpc) is 2.53. The Balaban J connectivity index is 2.88. The third kappa shape index (κ3) is 1.28. The number of aliphatic hydroxyl groups excluding tert-OH is 1. The van der Waals surface area contributed by atoms with E-state index >= 15 is 0 Å². The summed E-state index contributed by atoms with van der Waals surface area (Å²) in [5, 5.41) is 10.3. The number of aliphatic hydroxyl groups is 1. The number of nitrogens with one attached hydrogen (secondary N) is 1. The second kappa shape index (κ2) is 3.16. The lowest BCUT2D eigenvalue weighted by Gasteiger charge is -2.05. The molecule has 0 atom stereocenters. The van der Waals surface area contributed by atoms with Crippen LogP contribution < -0.4 is 0 Å². The maximum absolute atomic E-state index is 9.18. The summed E-state index contributed by atoms with van der Waals surface area (Å²) >= 11 is 3.44. The molecule has 0 saturated carbocycles. The van der Waals surface area contributed by atoms with Crippen LogP contribution in [-0.4, -0.2) is 10.1 Å². The molecule has 0 unspecified atom stereocenters. The molecule has 2 N–H and O–H groups in total. The van der Waals surface area contributed by atoms with E-state index in [0.717, 1.165) is 20.9 Å². The molecule has 0 amide bonds. The van der Waals surface area contributed by atoms with Crippen LogP contribution in [0.3, 0.4) is 0 Å². The highest BCUT2D eigenvalue weighted by Crippen LogP contribution is 2.28. The number of hydrogen-bond acceptors (Lipinski definition) is 1. The van der Waals surface area contributed by atoms with Crippen molar-refractivity contribution in [2.75, 3.05) is 0 Å². The van der Waals surface area contributed by atoms with Crippen molar-refractivity contribution >= 4 is 26.8 Å². The molecule has 2 aromatic rings. The van der Waals surface area contributed by atoms with E-state index in [0.29, 0.717) is 0 Å². The lowest BCUT2D eigenvalue weighted by molar-refractivity contribution is 0.282. The minimum atomic E-state index is 0.0647. The van der Waals surface area contributed by atoms with Crippen LogP contribution in [0.2, 0.25) is 0 Å². The number of hydrogen-bond donors (Lipinski definition) is 2. The van der Waals surface area contributed by atoms with Gasteiger partial charge in [0, 0.05) is 27.1 Å². The van der Waals surface area contributed by atoms with E-state index < -0.39 is 0 Å². The van der Waals surface area contributed by atoms with Gasteiger partial charge in [-0.1, -0.05) is 15.9 Å². The molecule has 3 heteroatoms. The van der Waals surface area contributed by atoms with Gasteiger partial charge < -0.3 is 10.1 Å². The van der Waals surface area contributed by atoms with Crippen molar-refractivity contribution in [3.05, 3.63) is 33.9 Å². The summed E-state index contributed by atoms with van der Waals surface area (Å²) < 4.78 is 0.972. The molecule has 0 aliphatic carbocycles. The standard InChI is InChI=1S/C10H10BrNO/c1-6-4-9(11)8(5-13)7-2-3-12-10(6)7/h2-4,12-13H,5H2,1H3. The Morgan fingerprint density at radius 3 is 3.00 bits per heavy atom.